The lowest BCUT2D eigenvalue weighted by Crippen LogP contribution is -2.74. The van der Waals surface area contributed by atoms with Gasteiger partial charge in [0.25, 0.3) is 0 Å². The van der Waals surface area contributed by atoms with Gasteiger partial charge in [-0.2, -0.15) is 0 Å². The van der Waals surface area contributed by atoms with Crippen LogP contribution in [0.1, 0.15) is 20.8 Å². The smallest absolute Gasteiger partial charge is 0.410 e. The van der Waals surface area contributed by atoms with Crippen molar-refractivity contribution in [2.45, 2.75) is 38.1 Å². The molecule has 1 amide bonds. The third kappa shape index (κ3) is 3.06. The number of nitrogens with two attached hydrogens (primary N) is 1. The maximum absolute atomic E-state index is 13.2. The second-order valence-corrected chi connectivity index (χ2v) is 5.27. The molecule has 17 heavy (non-hydrogen) atoms. The van der Waals surface area contributed by atoms with Crippen molar-refractivity contribution in [2.24, 2.45) is 5.73 Å². The summed E-state index contributed by atoms with van der Waals surface area (Å²) in [7, 11) is 0. The summed E-state index contributed by atoms with van der Waals surface area (Å²) < 4.78 is 18.3. The Morgan fingerprint density at radius 2 is 1.94 bits per heavy atom. The van der Waals surface area contributed by atoms with Crippen LogP contribution in [-0.2, 0) is 9.53 Å². The first kappa shape index (κ1) is 13.7. The van der Waals surface area contributed by atoms with Crippen LogP contribution in [-0.4, -0.2) is 52.5 Å². The van der Waals surface area contributed by atoms with E-state index in [2.05, 4.69) is 0 Å². The first-order valence-corrected chi connectivity index (χ1v) is 5.19. The van der Waals surface area contributed by atoms with Crippen molar-refractivity contribution in [2.75, 3.05) is 13.1 Å². The molecule has 3 N–H and O–H groups in total. The molecule has 6 nitrogen and oxygen atoms in total. The number of carbonyl (C=O) groups excluding carboxylic acids is 1. The third-order valence-electron chi connectivity index (χ3n) is 2.34. The number of alkyl halides is 1. The molecule has 1 saturated heterocycles. The summed E-state index contributed by atoms with van der Waals surface area (Å²) in [5.41, 5.74) is 3.38. The van der Waals surface area contributed by atoms with Gasteiger partial charge in [-0.3, -0.25) is 0 Å². The minimum Gasteiger partial charge on any atom is -0.479 e. The number of hydrogen-bond donors (Lipinski definition) is 2. The van der Waals surface area contributed by atoms with Crippen LogP contribution in [0.25, 0.3) is 0 Å². The Labute approximate surface area is 98.5 Å². The molecular formula is C10H17FN2O4. The fraction of sp³-hybridized carbons (Fsp3) is 0.800. The lowest BCUT2D eigenvalue weighted by atomic mass is 9.86. The molecule has 0 spiro atoms. The summed E-state index contributed by atoms with van der Waals surface area (Å²) in [5, 5.41) is 8.50. The molecule has 0 aromatic rings. The Bertz CT molecular complexity index is 334. The Hall–Kier alpha value is -1.37. The number of carbonyl (C=O) groups is 2. The molecule has 98 valence electrons. The van der Waals surface area contributed by atoms with Crippen molar-refractivity contribution in [3.8, 4) is 0 Å². The summed E-state index contributed by atoms with van der Waals surface area (Å²) in [4.78, 5) is 23.1. The predicted octanol–water partition coefficient (Wildman–Crippen LogP) is 0.357. The third-order valence-corrected chi connectivity index (χ3v) is 2.34. The van der Waals surface area contributed by atoms with Crippen molar-refractivity contribution in [3.63, 3.8) is 0 Å². The highest BCUT2D eigenvalue weighted by Gasteiger charge is 2.52. The van der Waals surface area contributed by atoms with Gasteiger partial charge in [-0.1, -0.05) is 0 Å². The fourth-order valence-electron chi connectivity index (χ4n) is 1.53. The lowest BCUT2D eigenvalue weighted by Gasteiger charge is -2.47. The summed E-state index contributed by atoms with van der Waals surface area (Å²) in [6.07, 6.45) is -2.79. The van der Waals surface area contributed by atoms with E-state index in [1.54, 1.807) is 20.8 Å². The van der Waals surface area contributed by atoms with Crippen LogP contribution in [0, 0.1) is 0 Å². The van der Waals surface area contributed by atoms with Crippen LogP contribution >= 0.6 is 0 Å². The second-order valence-electron chi connectivity index (χ2n) is 5.27. The zero-order chi connectivity index (χ0) is 13.4. The zero-order valence-corrected chi connectivity index (χ0v) is 10.1. The Kier molecular flexibility index (Phi) is 3.33. The Morgan fingerprint density at radius 1 is 1.47 bits per heavy atom. The number of carboxylic acid groups (broad SMARTS) is 1. The number of likely N-dealkylation sites (tertiary alicyclic amines) is 1. The number of rotatable bonds is 2. The van der Waals surface area contributed by atoms with E-state index in [9.17, 15) is 14.0 Å². The number of carboxylic acids is 1. The van der Waals surface area contributed by atoms with Crippen LogP contribution in [0.5, 0.6) is 0 Å². The highest BCUT2D eigenvalue weighted by Crippen LogP contribution is 2.26. The van der Waals surface area contributed by atoms with Gasteiger partial charge in [0.05, 0.1) is 5.54 Å². The lowest BCUT2D eigenvalue weighted by molar-refractivity contribution is -0.149. The molecule has 1 heterocycles. The maximum Gasteiger partial charge on any atom is 0.410 e. The number of amides is 1. The number of halogens is 1. The van der Waals surface area contributed by atoms with E-state index in [4.69, 9.17) is 15.6 Å². The fourth-order valence-corrected chi connectivity index (χ4v) is 1.53. The van der Waals surface area contributed by atoms with Crippen molar-refractivity contribution in [1.82, 2.24) is 4.90 Å². The SMILES string of the molecule is CC(C)(C)OC(=O)N1CC(N)(C(F)C(=O)O)C1. The van der Waals surface area contributed by atoms with Crippen LogP contribution in [0.15, 0.2) is 0 Å². The van der Waals surface area contributed by atoms with Gasteiger partial charge in [0, 0.05) is 13.1 Å². The summed E-state index contributed by atoms with van der Waals surface area (Å²) in [6.45, 7) is 4.80. The summed E-state index contributed by atoms with van der Waals surface area (Å²) in [6, 6.07) is 0. The Balaban J connectivity index is 2.51. The average molecular weight is 248 g/mol. The molecule has 1 aliphatic heterocycles. The van der Waals surface area contributed by atoms with E-state index in [-0.39, 0.29) is 13.1 Å². The zero-order valence-electron chi connectivity index (χ0n) is 10.1. The molecular weight excluding hydrogens is 231 g/mol. The van der Waals surface area contributed by atoms with Gasteiger partial charge in [0.2, 0.25) is 6.17 Å². The van der Waals surface area contributed by atoms with Gasteiger partial charge in [-0.25, -0.2) is 14.0 Å². The van der Waals surface area contributed by atoms with E-state index in [1.807, 2.05) is 0 Å². The molecule has 1 atom stereocenters. The Morgan fingerprint density at radius 3 is 2.29 bits per heavy atom. The standard InChI is InChI=1S/C10H17FN2O4/c1-9(2,3)17-8(16)13-4-10(12,5-13)6(11)7(14)15/h6H,4-5,12H2,1-3H3,(H,14,15). The molecule has 1 rings (SSSR count). The topological polar surface area (TPSA) is 92.9 Å². The summed E-state index contributed by atoms with van der Waals surface area (Å²) >= 11 is 0. The molecule has 0 bridgehead atoms. The molecule has 0 saturated carbocycles. The van der Waals surface area contributed by atoms with E-state index in [0.29, 0.717) is 0 Å². The van der Waals surface area contributed by atoms with Gasteiger partial charge in [0.1, 0.15) is 5.60 Å². The second kappa shape index (κ2) is 4.14. The van der Waals surface area contributed by atoms with Crippen LogP contribution in [0.3, 0.4) is 0 Å². The molecule has 7 heteroatoms. The molecule has 0 radical (unpaired) electrons. The molecule has 0 aromatic carbocycles. The van der Waals surface area contributed by atoms with Gasteiger partial charge >= 0.3 is 12.1 Å². The average Bonchev–Trinajstić information content (AvgIpc) is 2.08. The van der Waals surface area contributed by atoms with E-state index in [0.717, 1.165) is 0 Å². The first-order valence-electron chi connectivity index (χ1n) is 5.19. The first-order chi connectivity index (χ1) is 7.55. The quantitative estimate of drug-likeness (QED) is 0.735. The van der Waals surface area contributed by atoms with Gasteiger partial charge in [0.15, 0.2) is 0 Å². The van der Waals surface area contributed by atoms with Crippen LogP contribution < -0.4 is 5.73 Å². The normalized spacial score (nSPS) is 20.4. The van der Waals surface area contributed by atoms with Crippen molar-refractivity contribution in [3.05, 3.63) is 0 Å². The number of aliphatic carboxylic acids is 1. The number of hydrogen-bond acceptors (Lipinski definition) is 4. The van der Waals surface area contributed by atoms with Crippen molar-refractivity contribution < 1.29 is 23.8 Å². The van der Waals surface area contributed by atoms with E-state index < -0.39 is 29.4 Å². The van der Waals surface area contributed by atoms with Gasteiger partial charge < -0.3 is 20.5 Å². The molecule has 1 unspecified atom stereocenters. The minimum absolute atomic E-state index is 0.157. The van der Waals surface area contributed by atoms with E-state index >= 15 is 0 Å². The van der Waals surface area contributed by atoms with Crippen LogP contribution in [0.2, 0.25) is 0 Å². The monoisotopic (exact) mass is 248 g/mol. The van der Waals surface area contributed by atoms with Crippen LogP contribution in [0.4, 0.5) is 9.18 Å². The molecule has 0 aromatic heterocycles. The maximum atomic E-state index is 13.2. The number of ether oxygens (including phenoxy) is 1. The molecule has 1 fully saturated rings. The number of nitrogens with zero attached hydrogens (tertiary/aromatic N) is 1. The van der Waals surface area contributed by atoms with Crippen molar-refractivity contribution in [1.29, 1.82) is 0 Å². The highest BCUT2D eigenvalue weighted by atomic mass is 19.1. The van der Waals surface area contributed by atoms with E-state index in [1.165, 1.54) is 4.90 Å². The highest BCUT2D eigenvalue weighted by molar-refractivity contribution is 5.76. The van der Waals surface area contributed by atoms with Crippen molar-refractivity contribution >= 4 is 12.1 Å². The largest absolute Gasteiger partial charge is 0.479 e. The minimum atomic E-state index is -2.18. The molecule has 1 aliphatic rings. The van der Waals surface area contributed by atoms with Gasteiger partial charge in [-0.05, 0) is 20.8 Å². The summed E-state index contributed by atoms with van der Waals surface area (Å²) in [5.74, 6) is -1.61. The predicted molar refractivity (Wildman–Crippen MR) is 57.3 cm³/mol. The van der Waals surface area contributed by atoms with Gasteiger partial charge in [-0.15, -0.1) is 0 Å². The molecule has 0 aliphatic carbocycles.